The van der Waals surface area contributed by atoms with Gasteiger partial charge < -0.3 is 9.47 Å². The van der Waals surface area contributed by atoms with Gasteiger partial charge in [0.15, 0.2) is 5.16 Å². The first kappa shape index (κ1) is 21.9. The maximum atomic E-state index is 13.0. The second-order valence-corrected chi connectivity index (χ2v) is 9.91. The van der Waals surface area contributed by atoms with E-state index >= 15 is 0 Å². The predicted octanol–water partition coefficient (Wildman–Crippen LogP) is 5.53. The topological polar surface area (TPSA) is 66.2 Å². The van der Waals surface area contributed by atoms with Gasteiger partial charge in [-0.15, -0.1) is 22.7 Å². The standard InChI is InChI=1S/C22H23N3O3S3/c1-6-25-21(26)18-12(2)13(3)31-20(18)24-22(25)30-11-14-10-29-19(23-14)16-8-7-15(27-4)9-17(16)28-5/h7-10H,6,11H2,1-5H3. The zero-order valence-corrected chi connectivity index (χ0v) is 20.5. The molecule has 3 aromatic heterocycles. The Balaban J connectivity index is 1.61. The van der Waals surface area contributed by atoms with Gasteiger partial charge in [0, 0.05) is 28.6 Å². The van der Waals surface area contributed by atoms with E-state index in [1.165, 1.54) is 0 Å². The maximum absolute atomic E-state index is 13.0. The van der Waals surface area contributed by atoms with Crippen LogP contribution in [0.15, 0.2) is 33.5 Å². The van der Waals surface area contributed by atoms with E-state index in [2.05, 4.69) is 0 Å². The van der Waals surface area contributed by atoms with Crippen molar-refractivity contribution in [3.05, 3.63) is 50.1 Å². The third-order valence-electron chi connectivity index (χ3n) is 5.11. The average molecular weight is 474 g/mol. The van der Waals surface area contributed by atoms with Gasteiger partial charge in [0.1, 0.15) is 21.3 Å². The molecule has 4 rings (SSSR count). The fraction of sp³-hybridized carbons (Fsp3) is 0.318. The number of hydrogen-bond donors (Lipinski definition) is 0. The van der Waals surface area contributed by atoms with Crippen molar-refractivity contribution < 1.29 is 9.47 Å². The van der Waals surface area contributed by atoms with Crippen molar-refractivity contribution in [2.75, 3.05) is 14.2 Å². The van der Waals surface area contributed by atoms with Gasteiger partial charge in [0.2, 0.25) is 0 Å². The van der Waals surface area contributed by atoms with Gasteiger partial charge in [-0.1, -0.05) is 11.8 Å². The number of fused-ring (bicyclic) bond motifs is 1. The van der Waals surface area contributed by atoms with Crippen molar-refractivity contribution in [3.8, 4) is 22.1 Å². The summed E-state index contributed by atoms with van der Waals surface area (Å²) in [6.07, 6.45) is 0. The van der Waals surface area contributed by atoms with E-state index in [1.807, 2.05) is 44.4 Å². The summed E-state index contributed by atoms with van der Waals surface area (Å²) in [6.45, 7) is 6.59. The zero-order chi connectivity index (χ0) is 22.1. The lowest BCUT2D eigenvalue weighted by molar-refractivity contribution is 0.395. The van der Waals surface area contributed by atoms with Crippen LogP contribution in [-0.2, 0) is 12.3 Å². The van der Waals surface area contributed by atoms with Crippen LogP contribution >= 0.6 is 34.4 Å². The molecule has 0 bridgehead atoms. The molecule has 6 nitrogen and oxygen atoms in total. The highest BCUT2D eigenvalue weighted by Gasteiger charge is 2.17. The van der Waals surface area contributed by atoms with E-state index in [-0.39, 0.29) is 5.56 Å². The van der Waals surface area contributed by atoms with Crippen LogP contribution in [0.25, 0.3) is 20.8 Å². The summed E-state index contributed by atoms with van der Waals surface area (Å²) < 4.78 is 12.5. The second-order valence-electron chi connectivity index (χ2n) is 6.91. The molecule has 0 saturated carbocycles. The monoisotopic (exact) mass is 473 g/mol. The molecule has 9 heteroatoms. The van der Waals surface area contributed by atoms with Gasteiger partial charge in [-0.05, 0) is 38.5 Å². The number of benzene rings is 1. The SMILES string of the molecule is CCn1c(SCc2csc(-c3ccc(OC)cc3OC)n2)nc2sc(C)c(C)c2c1=O. The number of rotatable bonds is 7. The molecule has 4 aromatic rings. The Hall–Kier alpha value is -2.36. The van der Waals surface area contributed by atoms with Crippen LogP contribution in [-0.4, -0.2) is 28.8 Å². The molecule has 0 fully saturated rings. The Kier molecular flexibility index (Phi) is 6.36. The first-order valence-corrected chi connectivity index (χ1v) is 12.4. The number of thiazole rings is 1. The van der Waals surface area contributed by atoms with Gasteiger partial charge >= 0.3 is 0 Å². The predicted molar refractivity (Wildman–Crippen MR) is 129 cm³/mol. The summed E-state index contributed by atoms with van der Waals surface area (Å²) in [5, 5.41) is 4.41. The highest BCUT2D eigenvalue weighted by molar-refractivity contribution is 7.98. The maximum Gasteiger partial charge on any atom is 0.263 e. The molecule has 0 atom stereocenters. The van der Waals surface area contributed by atoms with Crippen molar-refractivity contribution in [3.63, 3.8) is 0 Å². The van der Waals surface area contributed by atoms with Crippen LogP contribution in [0.2, 0.25) is 0 Å². The normalized spacial score (nSPS) is 11.3. The summed E-state index contributed by atoms with van der Waals surface area (Å²) in [6, 6.07) is 5.71. The molecule has 1 aromatic carbocycles. The smallest absolute Gasteiger partial charge is 0.263 e. The van der Waals surface area contributed by atoms with E-state index in [9.17, 15) is 4.79 Å². The lowest BCUT2D eigenvalue weighted by Gasteiger charge is -2.09. The summed E-state index contributed by atoms with van der Waals surface area (Å²) >= 11 is 4.70. The summed E-state index contributed by atoms with van der Waals surface area (Å²) in [7, 11) is 3.27. The molecule has 0 radical (unpaired) electrons. The molecule has 31 heavy (non-hydrogen) atoms. The first-order valence-electron chi connectivity index (χ1n) is 9.76. The third-order valence-corrected chi connectivity index (χ3v) is 8.15. The molecule has 0 spiro atoms. The van der Waals surface area contributed by atoms with Crippen LogP contribution in [0, 0.1) is 13.8 Å². The third kappa shape index (κ3) is 4.09. The van der Waals surface area contributed by atoms with Gasteiger partial charge in [-0.25, -0.2) is 9.97 Å². The summed E-state index contributed by atoms with van der Waals surface area (Å²) in [4.78, 5) is 24.6. The van der Waals surface area contributed by atoms with E-state index in [0.29, 0.717) is 12.3 Å². The highest BCUT2D eigenvalue weighted by atomic mass is 32.2. The second kappa shape index (κ2) is 9.02. The molecule has 0 aliphatic rings. The number of aryl methyl sites for hydroxylation is 2. The van der Waals surface area contributed by atoms with Crippen molar-refractivity contribution in [1.29, 1.82) is 0 Å². The molecular weight excluding hydrogens is 450 g/mol. The minimum absolute atomic E-state index is 0.0405. The van der Waals surface area contributed by atoms with Gasteiger partial charge in [0.25, 0.3) is 5.56 Å². The van der Waals surface area contributed by atoms with Crippen molar-refractivity contribution in [2.45, 2.75) is 38.2 Å². The fourth-order valence-corrected chi connectivity index (χ4v) is 6.29. The lowest BCUT2D eigenvalue weighted by atomic mass is 10.2. The number of methoxy groups -OCH3 is 2. The van der Waals surface area contributed by atoms with E-state index in [1.54, 1.807) is 53.2 Å². The van der Waals surface area contributed by atoms with Crippen LogP contribution in [0.1, 0.15) is 23.1 Å². The minimum atomic E-state index is 0.0405. The highest BCUT2D eigenvalue weighted by Crippen LogP contribution is 2.36. The Morgan fingerprint density at radius 2 is 1.97 bits per heavy atom. The van der Waals surface area contributed by atoms with Crippen molar-refractivity contribution in [2.24, 2.45) is 0 Å². The van der Waals surface area contributed by atoms with Crippen molar-refractivity contribution in [1.82, 2.24) is 14.5 Å². The molecule has 0 saturated heterocycles. The number of hydrogen-bond acceptors (Lipinski definition) is 8. The molecule has 0 aliphatic heterocycles. The molecule has 162 valence electrons. The van der Waals surface area contributed by atoms with E-state index in [4.69, 9.17) is 19.4 Å². The fourth-order valence-electron chi connectivity index (χ4n) is 3.31. The largest absolute Gasteiger partial charge is 0.497 e. The van der Waals surface area contributed by atoms with Gasteiger partial charge in [-0.2, -0.15) is 0 Å². The van der Waals surface area contributed by atoms with E-state index < -0.39 is 0 Å². The van der Waals surface area contributed by atoms with Crippen LogP contribution < -0.4 is 15.0 Å². The first-order chi connectivity index (χ1) is 15.0. The minimum Gasteiger partial charge on any atom is -0.497 e. The summed E-state index contributed by atoms with van der Waals surface area (Å²) in [5.41, 5.74) is 2.95. The number of thiophene rings is 1. The van der Waals surface area contributed by atoms with Gasteiger partial charge in [-0.3, -0.25) is 9.36 Å². The van der Waals surface area contributed by atoms with E-state index in [0.717, 1.165) is 53.6 Å². The van der Waals surface area contributed by atoms with Crippen LogP contribution in [0.5, 0.6) is 11.5 Å². The summed E-state index contributed by atoms with van der Waals surface area (Å²) in [5.74, 6) is 2.10. The Labute approximate surface area is 192 Å². The molecule has 0 aliphatic carbocycles. The number of thioether (sulfide) groups is 1. The molecular formula is C22H23N3O3S3. The molecule has 0 unspecified atom stereocenters. The van der Waals surface area contributed by atoms with Crippen molar-refractivity contribution >= 4 is 44.7 Å². The lowest BCUT2D eigenvalue weighted by Crippen LogP contribution is -2.22. The zero-order valence-electron chi connectivity index (χ0n) is 18.0. The molecule has 0 amide bonds. The quantitative estimate of drug-likeness (QED) is 0.260. The van der Waals surface area contributed by atoms with Crippen LogP contribution in [0.4, 0.5) is 0 Å². The van der Waals surface area contributed by atoms with Gasteiger partial charge in [0.05, 0.1) is 30.9 Å². The Morgan fingerprint density at radius 3 is 2.68 bits per heavy atom. The molecule has 3 heterocycles. The number of aromatic nitrogens is 3. The Morgan fingerprint density at radius 1 is 1.16 bits per heavy atom. The molecule has 0 N–H and O–H groups in total. The van der Waals surface area contributed by atoms with Crippen LogP contribution in [0.3, 0.4) is 0 Å². The Bertz CT molecular complexity index is 1310. The average Bonchev–Trinajstić information content (AvgIpc) is 3.36. The number of ether oxygens (including phenoxy) is 2. The number of nitrogens with zero attached hydrogens (tertiary/aromatic N) is 3.